The monoisotopic (exact) mass is 274 g/mol. The predicted molar refractivity (Wildman–Crippen MR) is 81.2 cm³/mol. The average Bonchev–Trinajstić information content (AvgIpc) is 2.46. The molecule has 1 aromatic rings. The Labute approximate surface area is 122 Å². The second-order valence-corrected chi connectivity index (χ2v) is 7.27. The van der Waals surface area contributed by atoms with Crippen LogP contribution in [0.4, 0.5) is 0 Å². The van der Waals surface area contributed by atoms with Crippen molar-refractivity contribution in [2.24, 2.45) is 11.3 Å². The average molecular weight is 274 g/mol. The lowest BCUT2D eigenvalue weighted by molar-refractivity contribution is -0.00519. The minimum Gasteiger partial charge on any atom is -0.497 e. The zero-order valence-corrected chi connectivity index (χ0v) is 12.9. The number of benzene rings is 1. The van der Waals surface area contributed by atoms with E-state index in [9.17, 15) is 5.11 Å². The van der Waals surface area contributed by atoms with Gasteiger partial charge in [0, 0.05) is 5.41 Å². The lowest BCUT2D eigenvalue weighted by Crippen LogP contribution is -2.51. The Balaban J connectivity index is 2.14. The molecule has 0 aliphatic heterocycles. The van der Waals surface area contributed by atoms with E-state index in [0.29, 0.717) is 11.3 Å². The smallest absolute Gasteiger partial charge is 0.119 e. The largest absolute Gasteiger partial charge is 0.497 e. The van der Waals surface area contributed by atoms with Gasteiger partial charge in [0.2, 0.25) is 0 Å². The highest BCUT2D eigenvalue weighted by Gasteiger charge is 2.52. The van der Waals surface area contributed by atoms with E-state index < -0.39 is 0 Å². The van der Waals surface area contributed by atoms with E-state index in [1.807, 2.05) is 0 Å². The van der Waals surface area contributed by atoms with Crippen molar-refractivity contribution in [3.8, 4) is 5.75 Å². The summed E-state index contributed by atoms with van der Waals surface area (Å²) in [7, 11) is 1.72. The molecule has 0 radical (unpaired) electrons. The summed E-state index contributed by atoms with van der Waals surface area (Å²) < 4.78 is 5.42. The summed E-state index contributed by atoms with van der Waals surface area (Å²) in [5, 5.41) is 10.3. The van der Waals surface area contributed by atoms with Crippen LogP contribution >= 0.6 is 0 Å². The maximum Gasteiger partial charge on any atom is 0.119 e. The Morgan fingerprint density at radius 1 is 1.30 bits per heavy atom. The van der Waals surface area contributed by atoms with Crippen LogP contribution in [0.5, 0.6) is 5.75 Å². The van der Waals surface area contributed by atoms with Crippen LogP contribution in [0.1, 0.15) is 50.7 Å². The molecule has 1 aromatic carbocycles. The summed E-state index contributed by atoms with van der Waals surface area (Å²) in [6.45, 7) is 5.03. The van der Waals surface area contributed by atoms with E-state index in [0.717, 1.165) is 18.6 Å². The Morgan fingerprint density at radius 3 is 2.80 bits per heavy atom. The van der Waals surface area contributed by atoms with Gasteiger partial charge in [0.15, 0.2) is 0 Å². The topological polar surface area (TPSA) is 29.5 Å². The van der Waals surface area contributed by atoms with Crippen LogP contribution in [0, 0.1) is 11.3 Å². The molecule has 2 nitrogen and oxygen atoms in total. The molecule has 0 bridgehead atoms. The number of aryl methyl sites for hydroxylation is 1. The summed E-state index contributed by atoms with van der Waals surface area (Å²) in [4.78, 5) is 0. The van der Waals surface area contributed by atoms with Gasteiger partial charge in [0.25, 0.3) is 0 Å². The fraction of sp³-hybridized carbons (Fsp3) is 0.667. The zero-order valence-electron chi connectivity index (χ0n) is 12.9. The molecule has 2 aliphatic carbocycles. The van der Waals surface area contributed by atoms with Gasteiger partial charge in [-0.3, -0.25) is 0 Å². The van der Waals surface area contributed by atoms with Crippen molar-refractivity contribution in [1.82, 2.24) is 0 Å². The van der Waals surface area contributed by atoms with Gasteiger partial charge >= 0.3 is 0 Å². The quantitative estimate of drug-likeness (QED) is 0.891. The minimum absolute atomic E-state index is 0.0517. The first-order chi connectivity index (χ1) is 9.53. The van der Waals surface area contributed by atoms with Crippen molar-refractivity contribution >= 4 is 0 Å². The highest BCUT2D eigenvalue weighted by Crippen LogP contribution is 2.57. The van der Waals surface area contributed by atoms with Gasteiger partial charge in [-0.1, -0.05) is 26.3 Å². The maximum absolute atomic E-state index is 10.3. The number of ether oxygens (including phenoxy) is 1. The molecule has 1 fully saturated rings. The normalized spacial score (nSPS) is 31.3. The number of fused-ring (bicyclic) bond motifs is 3. The first kappa shape index (κ1) is 13.9. The number of aliphatic hydroxyl groups excluding tert-OH is 1. The minimum atomic E-state index is -0.0517. The third-order valence-corrected chi connectivity index (χ3v) is 5.89. The molecule has 2 aliphatic rings. The van der Waals surface area contributed by atoms with Crippen LogP contribution in [0.2, 0.25) is 0 Å². The summed E-state index contributed by atoms with van der Waals surface area (Å²) in [5.41, 5.74) is 3.03. The number of hydrogen-bond acceptors (Lipinski definition) is 2. The van der Waals surface area contributed by atoms with Crippen LogP contribution in [0.3, 0.4) is 0 Å². The lowest BCUT2D eigenvalue weighted by atomic mass is 9.50. The maximum atomic E-state index is 10.3. The van der Waals surface area contributed by atoms with Gasteiger partial charge in [0.05, 0.1) is 13.7 Å². The first-order valence-electron chi connectivity index (χ1n) is 7.82. The molecule has 0 spiro atoms. The number of methoxy groups -OCH3 is 1. The van der Waals surface area contributed by atoms with E-state index in [1.165, 1.54) is 30.4 Å². The summed E-state index contributed by atoms with van der Waals surface area (Å²) >= 11 is 0. The van der Waals surface area contributed by atoms with Gasteiger partial charge in [-0.25, -0.2) is 0 Å². The molecule has 0 amide bonds. The molecule has 110 valence electrons. The fourth-order valence-corrected chi connectivity index (χ4v) is 4.88. The van der Waals surface area contributed by atoms with Crippen LogP contribution < -0.4 is 4.74 Å². The van der Waals surface area contributed by atoms with Crippen molar-refractivity contribution in [2.75, 3.05) is 13.7 Å². The van der Waals surface area contributed by atoms with Crippen molar-refractivity contribution in [1.29, 1.82) is 0 Å². The molecule has 3 rings (SSSR count). The van der Waals surface area contributed by atoms with E-state index in [4.69, 9.17) is 4.74 Å². The molecule has 0 heterocycles. The van der Waals surface area contributed by atoms with Gasteiger partial charge in [0.1, 0.15) is 5.75 Å². The van der Waals surface area contributed by atoms with Gasteiger partial charge in [-0.15, -0.1) is 0 Å². The second-order valence-electron chi connectivity index (χ2n) is 7.27. The standard InChI is InChI=1S/C18H26O2/c1-17(2)9-4-10-18(12-19)15-11-14(20-3)7-5-13(15)6-8-16(17)18/h5,7,11,16,19H,4,6,8-10,12H2,1-3H3/t16-,18-/m1/s1. The second kappa shape index (κ2) is 4.77. The summed E-state index contributed by atoms with van der Waals surface area (Å²) in [6.07, 6.45) is 5.93. The van der Waals surface area contributed by atoms with Crippen LogP contribution in [-0.4, -0.2) is 18.8 Å². The SMILES string of the molecule is COc1ccc2c(c1)[C@]1(CO)CCCC(C)(C)[C@H]1CC2. The molecule has 1 saturated carbocycles. The summed E-state index contributed by atoms with van der Waals surface area (Å²) in [5.74, 6) is 1.49. The highest BCUT2D eigenvalue weighted by molar-refractivity contribution is 5.44. The van der Waals surface area contributed by atoms with Crippen molar-refractivity contribution < 1.29 is 9.84 Å². The Kier molecular flexibility index (Phi) is 3.32. The summed E-state index contributed by atoms with van der Waals surface area (Å²) in [6, 6.07) is 6.43. The fourth-order valence-electron chi connectivity index (χ4n) is 4.88. The molecule has 0 saturated heterocycles. The van der Waals surface area contributed by atoms with Crippen molar-refractivity contribution in [3.63, 3.8) is 0 Å². The highest BCUT2D eigenvalue weighted by atomic mass is 16.5. The molecule has 20 heavy (non-hydrogen) atoms. The van der Waals surface area contributed by atoms with Crippen LogP contribution in [0.15, 0.2) is 18.2 Å². The molecule has 0 unspecified atom stereocenters. The molecule has 1 N–H and O–H groups in total. The molecular formula is C18H26O2. The van der Waals surface area contributed by atoms with Crippen molar-refractivity contribution in [2.45, 2.75) is 51.4 Å². The van der Waals surface area contributed by atoms with E-state index >= 15 is 0 Å². The molecular weight excluding hydrogens is 248 g/mol. The number of aliphatic hydroxyl groups is 1. The third kappa shape index (κ3) is 1.88. The van der Waals surface area contributed by atoms with Crippen LogP contribution in [-0.2, 0) is 11.8 Å². The number of rotatable bonds is 2. The lowest BCUT2D eigenvalue weighted by Gasteiger charge is -2.55. The van der Waals surface area contributed by atoms with Gasteiger partial charge in [-0.05, 0) is 60.3 Å². The van der Waals surface area contributed by atoms with E-state index in [2.05, 4.69) is 32.0 Å². The van der Waals surface area contributed by atoms with Crippen molar-refractivity contribution in [3.05, 3.63) is 29.3 Å². The zero-order chi connectivity index (χ0) is 14.4. The number of hydrogen-bond donors (Lipinski definition) is 1. The van der Waals surface area contributed by atoms with Gasteiger partial charge < -0.3 is 9.84 Å². The first-order valence-corrected chi connectivity index (χ1v) is 7.82. The Bertz CT molecular complexity index is 506. The van der Waals surface area contributed by atoms with E-state index in [-0.39, 0.29) is 12.0 Å². The van der Waals surface area contributed by atoms with Gasteiger partial charge in [-0.2, -0.15) is 0 Å². The molecule has 2 atom stereocenters. The Morgan fingerprint density at radius 2 is 2.10 bits per heavy atom. The molecule has 2 heteroatoms. The van der Waals surface area contributed by atoms with E-state index in [1.54, 1.807) is 7.11 Å². The molecule has 0 aromatic heterocycles. The third-order valence-electron chi connectivity index (χ3n) is 5.89. The predicted octanol–water partition coefficient (Wildman–Crippen LogP) is 3.70. The van der Waals surface area contributed by atoms with Crippen LogP contribution in [0.25, 0.3) is 0 Å². The Hall–Kier alpha value is -1.02.